The number of amides is 1. The molecule has 1 aromatic carbocycles. The maximum atomic E-state index is 12.4. The Morgan fingerprint density at radius 1 is 1.00 bits per heavy atom. The maximum Gasteiger partial charge on any atom is 0.251 e. The molecule has 1 aromatic heterocycles. The SMILES string of the molecule is CN(C)c1nc(N[C@H]2CC[C@@H](NC(=O)c3ccc(Cl)cc3)CC2)nc2c1CCCC2. The minimum atomic E-state index is -0.0308. The first kappa shape index (κ1) is 20.9. The molecule has 160 valence electrons. The number of aryl methyl sites for hydroxylation is 1. The van der Waals surface area contributed by atoms with E-state index < -0.39 is 0 Å². The van der Waals surface area contributed by atoms with Crippen molar-refractivity contribution in [3.05, 3.63) is 46.1 Å². The number of hydrogen-bond acceptors (Lipinski definition) is 5. The molecule has 1 amide bonds. The molecule has 2 aromatic rings. The van der Waals surface area contributed by atoms with E-state index in [1.165, 1.54) is 24.1 Å². The van der Waals surface area contributed by atoms with Gasteiger partial charge in [-0.25, -0.2) is 4.98 Å². The number of nitrogens with zero attached hydrogens (tertiary/aromatic N) is 3. The molecule has 1 saturated carbocycles. The van der Waals surface area contributed by atoms with Crippen molar-refractivity contribution in [3.63, 3.8) is 0 Å². The van der Waals surface area contributed by atoms with Crippen molar-refractivity contribution in [2.75, 3.05) is 24.3 Å². The van der Waals surface area contributed by atoms with Crippen LogP contribution in [0.4, 0.5) is 11.8 Å². The van der Waals surface area contributed by atoms with Gasteiger partial charge in [-0.15, -0.1) is 0 Å². The van der Waals surface area contributed by atoms with Gasteiger partial charge in [0, 0.05) is 42.3 Å². The summed E-state index contributed by atoms with van der Waals surface area (Å²) in [7, 11) is 4.10. The maximum absolute atomic E-state index is 12.4. The van der Waals surface area contributed by atoms with Crippen LogP contribution in [0.25, 0.3) is 0 Å². The van der Waals surface area contributed by atoms with Crippen LogP contribution in [0.3, 0.4) is 0 Å². The third-order valence-corrected chi connectivity index (χ3v) is 6.34. The molecule has 0 saturated heterocycles. The van der Waals surface area contributed by atoms with Crippen LogP contribution in [0.15, 0.2) is 24.3 Å². The van der Waals surface area contributed by atoms with E-state index in [0.717, 1.165) is 50.3 Å². The van der Waals surface area contributed by atoms with Crippen molar-refractivity contribution < 1.29 is 4.79 Å². The molecule has 0 atom stereocenters. The second kappa shape index (κ2) is 9.21. The van der Waals surface area contributed by atoms with E-state index in [1.54, 1.807) is 24.3 Å². The van der Waals surface area contributed by atoms with Crippen LogP contribution in [-0.4, -0.2) is 42.1 Å². The number of hydrogen-bond donors (Lipinski definition) is 2. The predicted molar refractivity (Wildman–Crippen MR) is 122 cm³/mol. The van der Waals surface area contributed by atoms with Gasteiger partial charge in [-0.1, -0.05) is 11.6 Å². The number of carbonyl (C=O) groups excluding carboxylic acids is 1. The van der Waals surface area contributed by atoms with Crippen LogP contribution in [0.5, 0.6) is 0 Å². The summed E-state index contributed by atoms with van der Waals surface area (Å²) < 4.78 is 0. The molecule has 7 heteroatoms. The van der Waals surface area contributed by atoms with Crippen LogP contribution < -0.4 is 15.5 Å². The molecule has 30 heavy (non-hydrogen) atoms. The predicted octanol–water partition coefficient (Wildman–Crippen LogP) is 4.23. The minimum Gasteiger partial charge on any atom is -0.362 e. The molecule has 1 fully saturated rings. The molecule has 0 aliphatic heterocycles. The van der Waals surface area contributed by atoms with E-state index in [9.17, 15) is 4.79 Å². The summed E-state index contributed by atoms with van der Waals surface area (Å²) in [5, 5.41) is 7.36. The number of rotatable bonds is 5. The average molecular weight is 428 g/mol. The highest BCUT2D eigenvalue weighted by Gasteiger charge is 2.25. The van der Waals surface area contributed by atoms with Gasteiger partial charge in [0.25, 0.3) is 5.91 Å². The molecule has 6 nitrogen and oxygen atoms in total. The lowest BCUT2D eigenvalue weighted by atomic mass is 9.91. The Morgan fingerprint density at radius 3 is 2.37 bits per heavy atom. The fraction of sp³-hybridized carbons (Fsp3) is 0.522. The Morgan fingerprint density at radius 2 is 1.67 bits per heavy atom. The lowest BCUT2D eigenvalue weighted by Crippen LogP contribution is -2.40. The quantitative estimate of drug-likeness (QED) is 0.747. The van der Waals surface area contributed by atoms with Crippen molar-refractivity contribution in [1.29, 1.82) is 0 Å². The Bertz CT molecular complexity index is 891. The highest BCUT2D eigenvalue weighted by molar-refractivity contribution is 6.30. The van der Waals surface area contributed by atoms with E-state index in [2.05, 4.69) is 29.6 Å². The molecule has 0 bridgehead atoms. The molecular weight excluding hydrogens is 398 g/mol. The number of anilines is 2. The van der Waals surface area contributed by atoms with Crippen molar-refractivity contribution in [3.8, 4) is 0 Å². The summed E-state index contributed by atoms with van der Waals surface area (Å²) in [5.74, 6) is 1.76. The summed E-state index contributed by atoms with van der Waals surface area (Å²) in [4.78, 5) is 24.2. The van der Waals surface area contributed by atoms with Gasteiger partial charge in [-0.2, -0.15) is 4.98 Å². The monoisotopic (exact) mass is 427 g/mol. The summed E-state index contributed by atoms with van der Waals surface area (Å²) in [6, 6.07) is 7.56. The van der Waals surface area contributed by atoms with Gasteiger partial charge in [0.15, 0.2) is 0 Å². The van der Waals surface area contributed by atoms with Gasteiger partial charge < -0.3 is 15.5 Å². The topological polar surface area (TPSA) is 70.2 Å². The number of aromatic nitrogens is 2. The zero-order chi connectivity index (χ0) is 21.1. The van der Waals surface area contributed by atoms with E-state index in [1.807, 2.05) is 0 Å². The molecule has 1 heterocycles. The third kappa shape index (κ3) is 4.86. The van der Waals surface area contributed by atoms with Crippen molar-refractivity contribution in [1.82, 2.24) is 15.3 Å². The highest BCUT2D eigenvalue weighted by atomic mass is 35.5. The molecule has 0 spiro atoms. The summed E-state index contributed by atoms with van der Waals surface area (Å²) in [5.41, 5.74) is 3.16. The fourth-order valence-corrected chi connectivity index (χ4v) is 4.57. The van der Waals surface area contributed by atoms with Crippen LogP contribution in [0.1, 0.15) is 60.1 Å². The second-order valence-corrected chi connectivity index (χ2v) is 9.01. The fourth-order valence-electron chi connectivity index (χ4n) is 4.44. The van der Waals surface area contributed by atoms with Gasteiger partial charge in [-0.05, 0) is 75.6 Å². The summed E-state index contributed by atoms with van der Waals surface area (Å²) in [6.07, 6.45) is 8.40. The van der Waals surface area contributed by atoms with Crippen LogP contribution >= 0.6 is 11.6 Å². The van der Waals surface area contributed by atoms with Gasteiger partial charge in [0.05, 0.1) is 5.69 Å². The van der Waals surface area contributed by atoms with E-state index in [4.69, 9.17) is 21.6 Å². The first-order chi connectivity index (χ1) is 14.5. The number of fused-ring (bicyclic) bond motifs is 1. The van der Waals surface area contributed by atoms with Crippen molar-refractivity contribution in [2.24, 2.45) is 0 Å². The Balaban J connectivity index is 1.34. The average Bonchev–Trinajstić information content (AvgIpc) is 2.75. The number of benzene rings is 1. The van der Waals surface area contributed by atoms with E-state index in [-0.39, 0.29) is 11.9 Å². The Kier molecular flexibility index (Phi) is 6.42. The second-order valence-electron chi connectivity index (χ2n) is 8.57. The molecule has 2 N–H and O–H groups in total. The molecule has 2 aliphatic carbocycles. The zero-order valence-electron chi connectivity index (χ0n) is 17.7. The van der Waals surface area contributed by atoms with Crippen LogP contribution in [0, 0.1) is 0 Å². The normalized spacial score (nSPS) is 20.9. The van der Waals surface area contributed by atoms with E-state index >= 15 is 0 Å². The third-order valence-electron chi connectivity index (χ3n) is 6.09. The molecule has 0 unspecified atom stereocenters. The lowest BCUT2D eigenvalue weighted by molar-refractivity contribution is 0.0926. The lowest BCUT2D eigenvalue weighted by Gasteiger charge is -2.30. The largest absolute Gasteiger partial charge is 0.362 e. The zero-order valence-corrected chi connectivity index (χ0v) is 18.5. The summed E-state index contributed by atoms with van der Waals surface area (Å²) in [6.45, 7) is 0. The van der Waals surface area contributed by atoms with Gasteiger partial charge >= 0.3 is 0 Å². The van der Waals surface area contributed by atoms with Crippen molar-refractivity contribution >= 4 is 29.3 Å². The molecular formula is C23H30ClN5O. The molecule has 2 aliphatic rings. The van der Waals surface area contributed by atoms with Crippen molar-refractivity contribution in [2.45, 2.75) is 63.5 Å². The van der Waals surface area contributed by atoms with E-state index in [0.29, 0.717) is 16.6 Å². The Labute approximate surface area is 183 Å². The summed E-state index contributed by atoms with van der Waals surface area (Å²) >= 11 is 5.91. The smallest absolute Gasteiger partial charge is 0.251 e. The minimum absolute atomic E-state index is 0.0308. The highest BCUT2D eigenvalue weighted by Crippen LogP contribution is 2.29. The first-order valence-electron chi connectivity index (χ1n) is 10.9. The Hall–Kier alpha value is -2.34. The van der Waals surface area contributed by atoms with Crippen LogP contribution in [0.2, 0.25) is 5.02 Å². The van der Waals surface area contributed by atoms with Crippen LogP contribution in [-0.2, 0) is 12.8 Å². The van der Waals surface area contributed by atoms with Gasteiger partial charge in [0.2, 0.25) is 5.95 Å². The molecule has 0 radical (unpaired) electrons. The number of carbonyl (C=O) groups is 1. The van der Waals surface area contributed by atoms with Gasteiger partial charge in [0.1, 0.15) is 5.82 Å². The first-order valence-corrected chi connectivity index (χ1v) is 11.3. The number of halogens is 1. The van der Waals surface area contributed by atoms with Gasteiger partial charge in [-0.3, -0.25) is 4.79 Å². The molecule has 4 rings (SSSR count). The standard InChI is InChI=1S/C23H30ClN5O/c1-29(2)21-19-5-3-4-6-20(19)27-23(28-21)26-18-13-11-17(12-14-18)25-22(30)15-7-9-16(24)10-8-15/h7-10,17-18H,3-6,11-14H2,1-2H3,(H,25,30)(H,26,27,28)/t17-,18+. The number of nitrogens with one attached hydrogen (secondary N) is 2.